The van der Waals surface area contributed by atoms with Crippen LogP contribution in [0.5, 0.6) is 0 Å². The van der Waals surface area contributed by atoms with Gasteiger partial charge in [-0.15, -0.1) is 0 Å². The number of hydrogen-bond donors (Lipinski definition) is 3. The van der Waals surface area contributed by atoms with Gasteiger partial charge >= 0.3 is 0 Å². The van der Waals surface area contributed by atoms with E-state index in [1.807, 2.05) is 0 Å². The maximum Gasteiger partial charge on any atom is 0.255 e. The molecule has 2 aromatic rings. The van der Waals surface area contributed by atoms with E-state index in [-0.39, 0.29) is 24.8 Å². The molecule has 7 heteroatoms. The van der Waals surface area contributed by atoms with Crippen LogP contribution in [0.25, 0.3) is 0 Å². The van der Waals surface area contributed by atoms with Gasteiger partial charge in [-0.05, 0) is 30.3 Å². The van der Waals surface area contributed by atoms with Crippen molar-refractivity contribution in [2.75, 3.05) is 17.2 Å². The molecule has 0 fully saturated rings. The molecule has 114 valence electrons. The smallest absolute Gasteiger partial charge is 0.255 e. The first kappa shape index (κ1) is 15.9. The number of amides is 2. The van der Waals surface area contributed by atoms with Crippen molar-refractivity contribution in [2.24, 2.45) is 5.73 Å². The molecule has 2 rings (SSSR count). The maximum atomic E-state index is 12.0. The van der Waals surface area contributed by atoms with Crippen molar-refractivity contribution in [3.8, 4) is 0 Å². The zero-order chi connectivity index (χ0) is 15.9. The minimum atomic E-state index is -0.288. The summed E-state index contributed by atoms with van der Waals surface area (Å²) in [6, 6.07) is 8.05. The van der Waals surface area contributed by atoms with Crippen molar-refractivity contribution in [1.82, 2.24) is 4.98 Å². The van der Waals surface area contributed by atoms with Crippen LogP contribution in [0.4, 0.5) is 11.4 Å². The van der Waals surface area contributed by atoms with Crippen LogP contribution in [0.15, 0.2) is 42.7 Å². The Morgan fingerprint density at radius 3 is 2.50 bits per heavy atom. The average Bonchev–Trinajstić information content (AvgIpc) is 2.51. The molecule has 2 amide bonds. The summed E-state index contributed by atoms with van der Waals surface area (Å²) in [5, 5.41) is 5.70. The van der Waals surface area contributed by atoms with Crippen LogP contribution < -0.4 is 16.4 Å². The van der Waals surface area contributed by atoms with E-state index < -0.39 is 0 Å². The highest BCUT2D eigenvalue weighted by molar-refractivity contribution is 6.34. The van der Waals surface area contributed by atoms with E-state index in [2.05, 4.69) is 15.6 Å². The monoisotopic (exact) mass is 318 g/mol. The number of anilines is 2. The second kappa shape index (κ2) is 7.53. The molecule has 6 nitrogen and oxygen atoms in total. The highest BCUT2D eigenvalue weighted by atomic mass is 35.5. The Bertz CT molecular complexity index is 676. The van der Waals surface area contributed by atoms with Gasteiger partial charge < -0.3 is 16.4 Å². The predicted molar refractivity (Wildman–Crippen MR) is 85.9 cm³/mol. The summed E-state index contributed by atoms with van der Waals surface area (Å²) in [6.45, 7) is 0.277. The Labute approximate surface area is 132 Å². The molecule has 0 bridgehead atoms. The fraction of sp³-hybridized carbons (Fsp3) is 0.133. The molecule has 0 atom stereocenters. The van der Waals surface area contributed by atoms with Crippen molar-refractivity contribution >= 4 is 34.8 Å². The quantitative estimate of drug-likeness (QED) is 0.787. The van der Waals surface area contributed by atoms with Gasteiger partial charge in [0.1, 0.15) is 0 Å². The molecule has 4 N–H and O–H groups in total. The number of nitrogens with one attached hydrogen (secondary N) is 2. The topological polar surface area (TPSA) is 97.1 Å². The van der Waals surface area contributed by atoms with E-state index in [0.29, 0.717) is 22.0 Å². The first-order valence-electron chi connectivity index (χ1n) is 6.61. The van der Waals surface area contributed by atoms with Crippen molar-refractivity contribution in [2.45, 2.75) is 6.42 Å². The number of aromatic nitrogens is 1. The van der Waals surface area contributed by atoms with E-state index in [9.17, 15) is 9.59 Å². The molecule has 1 aromatic carbocycles. The van der Waals surface area contributed by atoms with Gasteiger partial charge in [0.2, 0.25) is 5.91 Å². The largest absolute Gasteiger partial charge is 0.330 e. The van der Waals surface area contributed by atoms with Crippen molar-refractivity contribution < 1.29 is 9.59 Å². The van der Waals surface area contributed by atoms with Gasteiger partial charge in [0.15, 0.2) is 0 Å². The second-order valence-electron chi connectivity index (χ2n) is 4.47. The molecule has 0 radical (unpaired) electrons. The fourth-order valence-corrected chi connectivity index (χ4v) is 1.97. The van der Waals surface area contributed by atoms with Gasteiger partial charge in [-0.2, -0.15) is 0 Å². The summed E-state index contributed by atoms with van der Waals surface area (Å²) in [6.07, 6.45) is 3.30. The number of carbonyl (C=O) groups is 2. The van der Waals surface area contributed by atoms with Crippen LogP contribution in [-0.2, 0) is 4.79 Å². The maximum absolute atomic E-state index is 12.0. The fourth-order valence-electron chi connectivity index (χ4n) is 1.75. The van der Waals surface area contributed by atoms with Gasteiger partial charge in [0, 0.05) is 36.6 Å². The lowest BCUT2D eigenvalue weighted by Crippen LogP contribution is -2.16. The standard InChI is InChI=1S/C15H15ClN4O2/c16-12-9-11(19-14(21)3-6-17)1-2-13(12)20-15(22)10-4-7-18-8-5-10/h1-2,4-5,7-9H,3,6,17H2,(H,19,21)(H,20,22). The van der Waals surface area contributed by atoms with Crippen LogP contribution in [-0.4, -0.2) is 23.3 Å². The van der Waals surface area contributed by atoms with Crippen LogP contribution in [0, 0.1) is 0 Å². The minimum absolute atomic E-state index is 0.188. The number of benzene rings is 1. The lowest BCUT2D eigenvalue weighted by molar-refractivity contribution is -0.116. The number of hydrogen-bond acceptors (Lipinski definition) is 4. The summed E-state index contributed by atoms with van der Waals surface area (Å²) in [4.78, 5) is 27.3. The van der Waals surface area contributed by atoms with E-state index in [0.717, 1.165) is 0 Å². The Morgan fingerprint density at radius 2 is 1.86 bits per heavy atom. The Morgan fingerprint density at radius 1 is 1.14 bits per heavy atom. The molecule has 22 heavy (non-hydrogen) atoms. The molecule has 0 spiro atoms. The van der Waals surface area contributed by atoms with Gasteiger partial charge in [-0.1, -0.05) is 11.6 Å². The first-order chi connectivity index (χ1) is 10.6. The number of pyridine rings is 1. The lowest BCUT2D eigenvalue weighted by atomic mass is 10.2. The van der Waals surface area contributed by atoms with Gasteiger partial charge in [0.05, 0.1) is 10.7 Å². The number of rotatable bonds is 5. The number of halogens is 1. The Hall–Kier alpha value is -2.44. The van der Waals surface area contributed by atoms with Crippen molar-refractivity contribution in [3.63, 3.8) is 0 Å². The summed E-state index contributed by atoms with van der Waals surface area (Å²) in [5.74, 6) is -0.476. The molecule has 0 aliphatic heterocycles. The molecule has 1 aromatic heterocycles. The summed E-state index contributed by atoms with van der Waals surface area (Å²) < 4.78 is 0. The first-order valence-corrected chi connectivity index (χ1v) is 6.99. The van der Waals surface area contributed by atoms with Crippen molar-refractivity contribution in [3.05, 3.63) is 53.3 Å². The predicted octanol–water partition coefficient (Wildman–Crippen LogP) is 2.27. The highest BCUT2D eigenvalue weighted by Gasteiger charge is 2.09. The zero-order valence-corrected chi connectivity index (χ0v) is 12.4. The zero-order valence-electron chi connectivity index (χ0n) is 11.7. The minimum Gasteiger partial charge on any atom is -0.330 e. The molecular formula is C15H15ClN4O2. The summed E-state index contributed by atoms with van der Waals surface area (Å²) in [7, 11) is 0. The number of nitrogens with zero attached hydrogens (tertiary/aromatic N) is 1. The van der Waals surface area contributed by atoms with E-state index in [1.165, 1.54) is 12.4 Å². The van der Waals surface area contributed by atoms with Crippen LogP contribution in [0.3, 0.4) is 0 Å². The summed E-state index contributed by atoms with van der Waals surface area (Å²) >= 11 is 6.12. The van der Waals surface area contributed by atoms with Crippen LogP contribution in [0.1, 0.15) is 16.8 Å². The molecule has 0 saturated carbocycles. The van der Waals surface area contributed by atoms with E-state index in [1.54, 1.807) is 30.3 Å². The summed E-state index contributed by atoms with van der Waals surface area (Å²) in [5.41, 5.74) is 6.79. The Balaban J connectivity index is 2.07. The van der Waals surface area contributed by atoms with Gasteiger partial charge in [-0.25, -0.2) is 0 Å². The molecule has 1 heterocycles. The van der Waals surface area contributed by atoms with Crippen LogP contribution >= 0.6 is 11.6 Å². The third-order valence-electron chi connectivity index (χ3n) is 2.81. The normalized spacial score (nSPS) is 10.1. The third kappa shape index (κ3) is 4.28. The molecule has 0 aliphatic rings. The molecule has 0 unspecified atom stereocenters. The SMILES string of the molecule is NCCC(=O)Nc1ccc(NC(=O)c2ccncc2)c(Cl)c1. The number of nitrogens with two attached hydrogens (primary N) is 1. The Kier molecular flexibility index (Phi) is 5.46. The third-order valence-corrected chi connectivity index (χ3v) is 3.13. The number of carbonyl (C=O) groups excluding carboxylic acids is 2. The molecule has 0 aliphatic carbocycles. The molecule has 0 saturated heterocycles. The molecular weight excluding hydrogens is 304 g/mol. The van der Waals surface area contributed by atoms with E-state index in [4.69, 9.17) is 17.3 Å². The van der Waals surface area contributed by atoms with Crippen molar-refractivity contribution in [1.29, 1.82) is 0 Å². The highest BCUT2D eigenvalue weighted by Crippen LogP contribution is 2.26. The van der Waals surface area contributed by atoms with Gasteiger partial charge in [0.25, 0.3) is 5.91 Å². The average molecular weight is 319 g/mol. The second-order valence-corrected chi connectivity index (χ2v) is 4.88. The van der Waals surface area contributed by atoms with Gasteiger partial charge in [-0.3, -0.25) is 14.6 Å². The van der Waals surface area contributed by atoms with Crippen LogP contribution in [0.2, 0.25) is 5.02 Å². The lowest BCUT2D eigenvalue weighted by Gasteiger charge is -2.10. The van der Waals surface area contributed by atoms with E-state index >= 15 is 0 Å².